The molecule has 0 aromatic carbocycles. The van der Waals surface area contributed by atoms with Crippen molar-refractivity contribution in [2.75, 3.05) is 0 Å². The highest BCUT2D eigenvalue weighted by Gasteiger charge is 2.60. The predicted octanol–water partition coefficient (Wildman–Crippen LogP) is 1.17. The molecule has 8 heteroatoms. The van der Waals surface area contributed by atoms with Crippen molar-refractivity contribution in [2.24, 2.45) is 0 Å². The minimum absolute atomic E-state index is 0.540. The van der Waals surface area contributed by atoms with Crippen LogP contribution in [0.3, 0.4) is 0 Å². The number of halogens is 3. The first-order chi connectivity index (χ1) is 6.00. The van der Waals surface area contributed by atoms with Crippen LogP contribution in [0.5, 0.6) is 0 Å². The minimum Gasteiger partial charge on any atom is -0.480 e. The van der Waals surface area contributed by atoms with Gasteiger partial charge < -0.3 is 5.11 Å². The Hall–Kier alpha value is -0.790. The lowest BCUT2D eigenvalue weighted by molar-refractivity contribution is -0.140. The van der Waals surface area contributed by atoms with Crippen LogP contribution in [0.1, 0.15) is 20.3 Å². The van der Waals surface area contributed by atoms with Gasteiger partial charge in [-0.1, -0.05) is 6.92 Å². The Morgan fingerprint density at radius 3 is 1.79 bits per heavy atom. The molecule has 0 aromatic rings. The lowest BCUT2D eigenvalue weighted by atomic mass is 10.1. The molecule has 0 aliphatic carbocycles. The summed E-state index contributed by atoms with van der Waals surface area (Å²) in [7, 11) is -5.69. The number of carbonyl (C=O) groups is 1. The minimum atomic E-state index is -5.69. The van der Waals surface area contributed by atoms with Crippen LogP contribution in [-0.2, 0) is 14.6 Å². The van der Waals surface area contributed by atoms with Gasteiger partial charge in [0.25, 0.3) is 9.84 Å². The van der Waals surface area contributed by atoms with E-state index in [1.807, 2.05) is 0 Å². The zero-order chi connectivity index (χ0) is 11.8. The summed E-state index contributed by atoms with van der Waals surface area (Å²) in [5.74, 6) is -2.00. The summed E-state index contributed by atoms with van der Waals surface area (Å²) in [5, 5.41) is 8.45. The smallest absolute Gasteiger partial charge is 0.480 e. The first-order valence-corrected chi connectivity index (χ1v) is 5.03. The van der Waals surface area contributed by atoms with Crippen molar-refractivity contribution in [3.8, 4) is 0 Å². The third-order valence-corrected chi connectivity index (χ3v) is 4.28. The van der Waals surface area contributed by atoms with E-state index in [1.165, 1.54) is 0 Å². The summed E-state index contributed by atoms with van der Waals surface area (Å²) in [6.07, 6.45) is -0.649. The molecule has 0 rings (SSSR count). The highest BCUT2D eigenvalue weighted by Crippen LogP contribution is 2.35. The van der Waals surface area contributed by atoms with E-state index in [0.717, 1.165) is 6.92 Å². The van der Waals surface area contributed by atoms with Gasteiger partial charge in [0, 0.05) is 0 Å². The van der Waals surface area contributed by atoms with Gasteiger partial charge in [0.05, 0.1) is 0 Å². The fourth-order valence-corrected chi connectivity index (χ4v) is 1.83. The molecular weight excluding hydrogens is 225 g/mol. The summed E-state index contributed by atoms with van der Waals surface area (Å²) in [6.45, 7) is 1.61. The number of aliphatic carboxylic acids is 1. The Bertz CT molecular complexity index is 331. The largest absolute Gasteiger partial charge is 0.498 e. The maximum absolute atomic E-state index is 12.0. The van der Waals surface area contributed by atoms with E-state index in [-0.39, 0.29) is 0 Å². The molecule has 0 spiro atoms. The van der Waals surface area contributed by atoms with Crippen molar-refractivity contribution in [1.82, 2.24) is 0 Å². The Morgan fingerprint density at radius 2 is 1.71 bits per heavy atom. The summed E-state index contributed by atoms with van der Waals surface area (Å²) < 4.78 is 54.9. The molecule has 0 amide bonds. The van der Waals surface area contributed by atoms with Crippen molar-refractivity contribution >= 4 is 15.8 Å². The Morgan fingerprint density at radius 1 is 1.36 bits per heavy atom. The van der Waals surface area contributed by atoms with Crippen molar-refractivity contribution in [3.63, 3.8) is 0 Å². The molecule has 0 fully saturated rings. The lowest BCUT2D eigenvalue weighted by Crippen LogP contribution is -2.49. The first kappa shape index (κ1) is 13.2. The molecule has 14 heavy (non-hydrogen) atoms. The van der Waals surface area contributed by atoms with Crippen molar-refractivity contribution < 1.29 is 31.5 Å². The molecule has 0 heterocycles. The van der Waals surface area contributed by atoms with Gasteiger partial charge in [-0.05, 0) is 13.3 Å². The zero-order valence-electron chi connectivity index (χ0n) is 7.42. The molecular formula is C6H9F3O4S. The van der Waals surface area contributed by atoms with E-state index in [4.69, 9.17) is 5.11 Å². The van der Waals surface area contributed by atoms with E-state index in [2.05, 4.69) is 0 Å². The molecule has 0 bridgehead atoms. The fourth-order valence-electron chi connectivity index (χ4n) is 0.712. The van der Waals surface area contributed by atoms with Gasteiger partial charge in [-0.2, -0.15) is 13.2 Å². The average Bonchev–Trinajstić information content (AvgIpc) is 2.00. The first-order valence-electron chi connectivity index (χ1n) is 3.55. The topological polar surface area (TPSA) is 71.4 Å². The monoisotopic (exact) mass is 234 g/mol. The molecule has 0 aliphatic heterocycles. The SMILES string of the molecule is CCC(C)(C(=O)O)S(=O)(=O)C(F)(F)F. The summed E-state index contributed by atoms with van der Waals surface area (Å²) in [6, 6.07) is 0. The van der Waals surface area contributed by atoms with Gasteiger partial charge in [0.2, 0.25) is 0 Å². The third kappa shape index (κ3) is 1.70. The molecule has 4 nitrogen and oxygen atoms in total. The standard InChI is InChI=1S/C6H9F3O4S/c1-3-5(2,4(10)11)14(12,13)6(7,8)9/h3H2,1-2H3,(H,10,11). The van der Waals surface area contributed by atoms with Crippen molar-refractivity contribution in [2.45, 2.75) is 30.5 Å². The van der Waals surface area contributed by atoms with Gasteiger partial charge in [-0.15, -0.1) is 0 Å². The van der Waals surface area contributed by atoms with Gasteiger partial charge >= 0.3 is 11.5 Å². The average molecular weight is 234 g/mol. The molecule has 0 aliphatic rings. The van der Waals surface area contributed by atoms with Crippen molar-refractivity contribution in [3.05, 3.63) is 0 Å². The molecule has 1 atom stereocenters. The number of sulfone groups is 1. The number of carboxylic acids is 1. The molecule has 84 valence electrons. The molecule has 1 N–H and O–H groups in total. The van der Waals surface area contributed by atoms with Crippen molar-refractivity contribution in [1.29, 1.82) is 0 Å². The van der Waals surface area contributed by atoms with Crippen LogP contribution >= 0.6 is 0 Å². The van der Waals surface area contributed by atoms with Crippen LogP contribution in [0.15, 0.2) is 0 Å². The van der Waals surface area contributed by atoms with Gasteiger partial charge in [0.15, 0.2) is 4.75 Å². The normalized spacial score (nSPS) is 17.5. The maximum Gasteiger partial charge on any atom is 0.498 e. The van der Waals surface area contributed by atoms with E-state index >= 15 is 0 Å². The fraction of sp³-hybridized carbons (Fsp3) is 0.833. The number of carboxylic acid groups (broad SMARTS) is 1. The van der Waals surface area contributed by atoms with Crippen LogP contribution < -0.4 is 0 Å². The molecule has 0 aromatic heterocycles. The van der Waals surface area contributed by atoms with Crippen LogP contribution in [0.2, 0.25) is 0 Å². The van der Waals surface area contributed by atoms with E-state index in [9.17, 15) is 26.4 Å². The summed E-state index contributed by atoms with van der Waals surface area (Å²) in [5.41, 5.74) is -5.55. The quantitative estimate of drug-likeness (QED) is 0.795. The third-order valence-electron chi connectivity index (χ3n) is 2.02. The lowest BCUT2D eigenvalue weighted by Gasteiger charge is -2.24. The number of hydrogen-bond acceptors (Lipinski definition) is 3. The van der Waals surface area contributed by atoms with Crippen LogP contribution in [0, 0.1) is 0 Å². The molecule has 0 saturated heterocycles. The Labute approximate surface area is 78.6 Å². The molecule has 1 unspecified atom stereocenters. The second-order valence-electron chi connectivity index (χ2n) is 2.84. The van der Waals surface area contributed by atoms with Crippen LogP contribution in [-0.4, -0.2) is 29.7 Å². The number of rotatable bonds is 3. The summed E-state index contributed by atoms with van der Waals surface area (Å²) in [4.78, 5) is 10.5. The number of alkyl halides is 3. The van der Waals surface area contributed by atoms with Gasteiger partial charge in [-0.25, -0.2) is 8.42 Å². The van der Waals surface area contributed by atoms with Crippen LogP contribution in [0.25, 0.3) is 0 Å². The van der Waals surface area contributed by atoms with Gasteiger partial charge in [-0.3, -0.25) is 4.79 Å². The summed E-state index contributed by atoms with van der Waals surface area (Å²) >= 11 is 0. The maximum atomic E-state index is 12.0. The Balaban J connectivity index is 5.60. The van der Waals surface area contributed by atoms with Crippen LogP contribution in [0.4, 0.5) is 13.2 Å². The Kier molecular flexibility index (Phi) is 3.22. The predicted molar refractivity (Wildman–Crippen MR) is 41.3 cm³/mol. The van der Waals surface area contributed by atoms with E-state index in [0.29, 0.717) is 6.92 Å². The van der Waals surface area contributed by atoms with E-state index < -0.39 is 32.5 Å². The van der Waals surface area contributed by atoms with E-state index in [1.54, 1.807) is 0 Å². The van der Waals surface area contributed by atoms with Gasteiger partial charge in [0.1, 0.15) is 0 Å². The second-order valence-corrected chi connectivity index (χ2v) is 5.21. The highest BCUT2D eigenvalue weighted by molar-refractivity contribution is 7.94. The highest BCUT2D eigenvalue weighted by atomic mass is 32.2. The second kappa shape index (κ2) is 3.41. The zero-order valence-corrected chi connectivity index (χ0v) is 8.24. The molecule has 0 radical (unpaired) electrons. The molecule has 0 saturated carbocycles. The number of hydrogen-bond donors (Lipinski definition) is 1.